The number of carbonyl (C=O) groups excluding carboxylic acids is 2. The normalized spacial score (nSPS) is 26.0. The molecule has 0 N–H and O–H groups in total. The van der Waals surface area contributed by atoms with Crippen LogP contribution in [0.2, 0.25) is 0 Å². The van der Waals surface area contributed by atoms with Crippen LogP contribution in [0.1, 0.15) is 37.5 Å². The Hall–Kier alpha value is -2.56. The summed E-state index contributed by atoms with van der Waals surface area (Å²) in [4.78, 5) is 26.0. The third-order valence-corrected chi connectivity index (χ3v) is 6.15. The van der Waals surface area contributed by atoms with Crippen LogP contribution in [-0.2, 0) is 29.9 Å². The molecule has 4 rings (SSSR count). The SMILES string of the molecule is COC(=O)C1(C(=O)OC)C[C@H]2C=CCC[C@]2(C)c2oc3ccccc3c21. The van der Waals surface area contributed by atoms with Crippen molar-refractivity contribution < 1.29 is 23.5 Å². The fourth-order valence-electron chi connectivity index (χ4n) is 4.72. The minimum atomic E-state index is -1.52. The molecular formula is C21H22O5. The molecule has 1 heterocycles. The summed E-state index contributed by atoms with van der Waals surface area (Å²) in [7, 11) is 2.61. The van der Waals surface area contributed by atoms with Gasteiger partial charge < -0.3 is 13.9 Å². The van der Waals surface area contributed by atoms with Gasteiger partial charge in [0, 0.05) is 16.4 Å². The molecule has 136 valence electrons. The van der Waals surface area contributed by atoms with Crippen LogP contribution in [0, 0.1) is 5.92 Å². The van der Waals surface area contributed by atoms with E-state index in [9.17, 15) is 9.59 Å². The van der Waals surface area contributed by atoms with Crippen molar-refractivity contribution in [2.24, 2.45) is 5.92 Å². The Kier molecular flexibility index (Phi) is 3.72. The number of hydrogen-bond donors (Lipinski definition) is 0. The second-order valence-electron chi connectivity index (χ2n) is 7.39. The molecule has 2 atom stereocenters. The van der Waals surface area contributed by atoms with Gasteiger partial charge in [-0.05, 0) is 31.2 Å². The Morgan fingerprint density at radius 2 is 1.85 bits per heavy atom. The summed E-state index contributed by atoms with van der Waals surface area (Å²) in [6.45, 7) is 2.15. The standard InChI is InChI=1S/C21H22O5/c1-20-11-7-6-8-13(20)12-21(18(22)24-2,19(23)25-3)16-14-9-4-5-10-15(14)26-17(16)20/h4-6,8-10,13H,7,11-12H2,1-3H3/t13-,20+/m1/s1. The van der Waals surface area contributed by atoms with Gasteiger partial charge in [-0.1, -0.05) is 37.3 Å². The zero-order chi connectivity index (χ0) is 18.5. The first-order valence-corrected chi connectivity index (χ1v) is 8.85. The largest absolute Gasteiger partial charge is 0.468 e. The molecular weight excluding hydrogens is 332 g/mol. The van der Waals surface area contributed by atoms with Crippen molar-refractivity contribution in [3.05, 3.63) is 47.7 Å². The first-order valence-electron chi connectivity index (χ1n) is 8.85. The molecule has 0 saturated heterocycles. The Bertz CT molecular complexity index is 906. The van der Waals surface area contributed by atoms with E-state index < -0.39 is 17.4 Å². The highest BCUT2D eigenvalue weighted by Crippen LogP contribution is 2.57. The molecule has 0 saturated carbocycles. The fourth-order valence-corrected chi connectivity index (χ4v) is 4.72. The van der Waals surface area contributed by atoms with Crippen molar-refractivity contribution in [3.63, 3.8) is 0 Å². The fraction of sp³-hybridized carbons (Fsp3) is 0.429. The third-order valence-electron chi connectivity index (χ3n) is 6.15. The Morgan fingerprint density at radius 1 is 1.15 bits per heavy atom. The molecule has 1 aromatic heterocycles. The number of fused-ring (bicyclic) bond motifs is 5. The predicted molar refractivity (Wildman–Crippen MR) is 95.8 cm³/mol. The lowest BCUT2D eigenvalue weighted by Crippen LogP contribution is -2.54. The van der Waals surface area contributed by atoms with Crippen LogP contribution in [-0.4, -0.2) is 26.2 Å². The molecule has 0 unspecified atom stereocenters. The second-order valence-corrected chi connectivity index (χ2v) is 7.39. The summed E-state index contributed by atoms with van der Waals surface area (Å²) in [6.07, 6.45) is 6.36. The molecule has 1 aromatic carbocycles. The Balaban J connectivity index is 2.12. The van der Waals surface area contributed by atoms with Crippen LogP contribution >= 0.6 is 0 Å². The van der Waals surface area contributed by atoms with Crippen molar-refractivity contribution in [3.8, 4) is 0 Å². The molecule has 0 fully saturated rings. The van der Waals surface area contributed by atoms with E-state index in [-0.39, 0.29) is 11.3 Å². The number of para-hydroxylation sites is 1. The van der Waals surface area contributed by atoms with Gasteiger partial charge in [-0.2, -0.15) is 0 Å². The minimum absolute atomic E-state index is 0.0116. The van der Waals surface area contributed by atoms with Crippen molar-refractivity contribution in [1.82, 2.24) is 0 Å². The molecule has 5 heteroatoms. The van der Waals surface area contributed by atoms with Crippen molar-refractivity contribution >= 4 is 22.9 Å². The number of methoxy groups -OCH3 is 2. The van der Waals surface area contributed by atoms with Gasteiger partial charge in [0.05, 0.1) is 14.2 Å². The molecule has 5 nitrogen and oxygen atoms in total. The van der Waals surface area contributed by atoms with Gasteiger partial charge in [0.1, 0.15) is 11.3 Å². The van der Waals surface area contributed by atoms with Crippen molar-refractivity contribution in [2.45, 2.75) is 37.0 Å². The maximum absolute atomic E-state index is 13.0. The number of allylic oxidation sites excluding steroid dienone is 2. The smallest absolute Gasteiger partial charge is 0.327 e. The highest BCUT2D eigenvalue weighted by Gasteiger charge is 2.62. The third kappa shape index (κ3) is 1.97. The monoisotopic (exact) mass is 354 g/mol. The predicted octanol–water partition coefficient (Wildman–Crippen LogP) is 3.64. The summed E-state index contributed by atoms with van der Waals surface area (Å²) in [5.41, 5.74) is -0.502. The van der Waals surface area contributed by atoms with Gasteiger partial charge in [0.2, 0.25) is 0 Å². The molecule has 2 aliphatic carbocycles. The van der Waals surface area contributed by atoms with Gasteiger partial charge in [-0.25, -0.2) is 0 Å². The van der Waals surface area contributed by atoms with Gasteiger partial charge in [0.25, 0.3) is 0 Å². The first kappa shape index (κ1) is 16.9. The second kappa shape index (κ2) is 5.73. The van der Waals surface area contributed by atoms with E-state index in [0.29, 0.717) is 23.3 Å². The van der Waals surface area contributed by atoms with Crippen LogP contribution < -0.4 is 0 Å². The van der Waals surface area contributed by atoms with Gasteiger partial charge in [-0.3, -0.25) is 9.59 Å². The van der Waals surface area contributed by atoms with Crippen molar-refractivity contribution in [1.29, 1.82) is 0 Å². The van der Waals surface area contributed by atoms with Crippen LogP contribution in [0.3, 0.4) is 0 Å². The highest BCUT2D eigenvalue weighted by molar-refractivity contribution is 6.10. The van der Waals surface area contributed by atoms with Crippen molar-refractivity contribution in [2.75, 3.05) is 14.2 Å². The zero-order valence-corrected chi connectivity index (χ0v) is 15.2. The average molecular weight is 354 g/mol. The summed E-state index contributed by atoms with van der Waals surface area (Å²) >= 11 is 0. The van der Waals surface area contributed by atoms with E-state index in [0.717, 1.165) is 18.2 Å². The van der Waals surface area contributed by atoms with Gasteiger partial charge in [-0.15, -0.1) is 0 Å². The van der Waals surface area contributed by atoms with E-state index in [4.69, 9.17) is 13.9 Å². The van der Waals surface area contributed by atoms with Gasteiger partial charge in [0.15, 0.2) is 5.41 Å². The number of ether oxygens (including phenoxy) is 2. The molecule has 0 amide bonds. The number of furan rings is 1. The Morgan fingerprint density at radius 3 is 2.54 bits per heavy atom. The Labute approximate surface area is 152 Å². The summed E-state index contributed by atoms with van der Waals surface area (Å²) in [6, 6.07) is 7.52. The number of esters is 2. The number of hydrogen-bond acceptors (Lipinski definition) is 5. The molecule has 2 aliphatic rings. The topological polar surface area (TPSA) is 65.7 Å². The minimum Gasteiger partial charge on any atom is -0.468 e. The number of benzene rings is 1. The lowest BCUT2D eigenvalue weighted by Gasteiger charge is -2.46. The molecule has 2 aromatic rings. The van der Waals surface area contributed by atoms with E-state index >= 15 is 0 Å². The van der Waals surface area contributed by atoms with Gasteiger partial charge >= 0.3 is 11.9 Å². The summed E-state index contributed by atoms with van der Waals surface area (Å²) in [5, 5.41) is 0.771. The molecule has 0 bridgehead atoms. The van der Waals surface area contributed by atoms with E-state index in [1.54, 1.807) is 0 Å². The summed E-state index contributed by atoms with van der Waals surface area (Å²) in [5.74, 6) is -0.506. The highest BCUT2D eigenvalue weighted by atomic mass is 16.5. The van der Waals surface area contributed by atoms with Crippen LogP contribution in [0.5, 0.6) is 0 Å². The maximum atomic E-state index is 13.0. The van der Waals surface area contributed by atoms with E-state index in [1.807, 2.05) is 24.3 Å². The quantitative estimate of drug-likeness (QED) is 0.468. The molecule has 26 heavy (non-hydrogen) atoms. The number of carbonyl (C=O) groups is 2. The summed E-state index contributed by atoms with van der Waals surface area (Å²) < 4.78 is 16.5. The molecule has 0 aliphatic heterocycles. The molecule has 0 radical (unpaired) electrons. The van der Waals surface area contributed by atoms with E-state index in [2.05, 4.69) is 19.1 Å². The lowest BCUT2D eigenvalue weighted by atomic mass is 9.55. The van der Waals surface area contributed by atoms with Crippen LogP contribution in [0.25, 0.3) is 11.0 Å². The number of rotatable bonds is 2. The zero-order valence-electron chi connectivity index (χ0n) is 15.2. The van der Waals surface area contributed by atoms with Crippen LogP contribution in [0.4, 0.5) is 0 Å². The first-order chi connectivity index (χ1) is 12.5. The average Bonchev–Trinajstić information content (AvgIpc) is 3.07. The van der Waals surface area contributed by atoms with E-state index in [1.165, 1.54) is 14.2 Å². The van der Waals surface area contributed by atoms with Crippen LogP contribution in [0.15, 0.2) is 40.8 Å². The maximum Gasteiger partial charge on any atom is 0.327 e. The lowest BCUT2D eigenvalue weighted by molar-refractivity contribution is -0.164. The molecule has 0 spiro atoms.